The second-order valence-corrected chi connectivity index (χ2v) is 6.75. The van der Waals surface area contributed by atoms with Crippen LogP contribution < -0.4 is 0 Å². The lowest BCUT2D eigenvalue weighted by molar-refractivity contribution is 0.224. The highest BCUT2D eigenvalue weighted by molar-refractivity contribution is 7.26. The van der Waals surface area contributed by atoms with Crippen LogP contribution in [0.4, 0.5) is 0 Å². The van der Waals surface area contributed by atoms with E-state index in [0.717, 1.165) is 10.4 Å². The van der Waals surface area contributed by atoms with Crippen molar-refractivity contribution in [2.45, 2.75) is 6.10 Å². The predicted octanol–water partition coefficient (Wildman–Crippen LogP) is 5.35. The standard InChI is InChI=1S/C13H8Cl2OS2/c14-8-2-1-7(5-9(8)15)13(16)12-6-11-10(18-12)3-4-17-11/h1-6,13,16H. The van der Waals surface area contributed by atoms with E-state index in [-0.39, 0.29) is 0 Å². The van der Waals surface area contributed by atoms with Crippen molar-refractivity contribution in [1.82, 2.24) is 0 Å². The first-order valence-electron chi connectivity index (χ1n) is 5.25. The molecule has 2 heterocycles. The van der Waals surface area contributed by atoms with Crippen molar-refractivity contribution in [2.75, 3.05) is 0 Å². The fourth-order valence-corrected chi connectivity index (χ4v) is 4.21. The summed E-state index contributed by atoms with van der Waals surface area (Å²) in [5, 5.41) is 13.4. The van der Waals surface area contributed by atoms with E-state index in [2.05, 4.69) is 11.4 Å². The number of fused-ring (bicyclic) bond motifs is 1. The molecule has 5 heteroatoms. The third kappa shape index (κ3) is 2.17. The molecule has 0 saturated heterocycles. The minimum Gasteiger partial charge on any atom is -0.383 e. The maximum Gasteiger partial charge on any atom is 0.113 e. The van der Waals surface area contributed by atoms with Gasteiger partial charge in [0.05, 0.1) is 10.0 Å². The van der Waals surface area contributed by atoms with Gasteiger partial charge in [-0.15, -0.1) is 22.7 Å². The van der Waals surface area contributed by atoms with E-state index in [4.69, 9.17) is 23.2 Å². The van der Waals surface area contributed by atoms with Crippen molar-refractivity contribution < 1.29 is 5.11 Å². The zero-order valence-corrected chi connectivity index (χ0v) is 12.2. The first-order chi connectivity index (χ1) is 8.65. The summed E-state index contributed by atoms with van der Waals surface area (Å²) in [6, 6.07) is 9.31. The molecular formula is C13H8Cl2OS2. The molecule has 0 amide bonds. The largest absolute Gasteiger partial charge is 0.383 e. The molecule has 0 aliphatic rings. The molecule has 18 heavy (non-hydrogen) atoms. The molecule has 3 rings (SSSR count). The molecule has 92 valence electrons. The number of thiophene rings is 2. The monoisotopic (exact) mass is 314 g/mol. The summed E-state index contributed by atoms with van der Waals surface area (Å²) >= 11 is 15.1. The van der Waals surface area contributed by atoms with Gasteiger partial charge < -0.3 is 5.11 Å². The Kier molecular flexibility index (Phi) is 3.34. The second kappa shape index (κ2) is 4.83. The third-order valence-electron chi connectivity index (χ3n) is 2.69. The molecule has 0 saturated carbocycles. The Balaban J connectivity index is 2.00. The maximum absolute atomic E-state index is 10.3. The van der Waals surface area contributed by atoms with Gasteiger partial charge in [-0.1, -0.05) is 29.3 Å². The van der Waals surface area contributed by atoms with Crippen molar-refractivity contribution in [3.05, 3.63) is 56.2 Å². The van der Waals surface area contributed by atoms with E-state index in [0.29, 0.717) is 10.0 Å². The zero-order chi connectivity index (χ0) is 12.7. The van der Waals surface area contributed by atoms with Crippen LogP contribution in [0.5, 0.6) is 0 Å². The number of aliphatic hydroxyl groups is 1. The smallest absolute Gasteiger partial charge is 0.113 e. The van der Waals surface area contributed by atoms with Gasteiger partial charge >= 0.3 is 0 Å². The highest BCUT2D eigenvalue weighted by Gasteiger charge is 2.15. The maximum atomic E-state index is 10.3. The Bertz CT molecular complexity index is 673. The van der Waals surface area contributed by atoms with Crippen LogP contribution in [0.3, 0.4) is 0 Å². The normalized spacial score (nSPS) is 13.1. The van der Waals surface area contributed by atoms with Crippen LogP contribution in [0.1, 0.15) is 16.5 Å². The molecule has 2 aromatic heterocycles. The van der Waals surface area contributed by atoms with Crippen LogP contribution in [0.2, 0.25) is 10.0 Å². The topological polar surface area (TPSA) is 20.2 Å². The fraction of sp³-hybridized carbons (Fsp3) is 0.0769. The average Bonchev–Trinajstić information content (AvgIpc) is 2.92. The summed E-state index contributed by atoms with van der Waals surface area (Å²) in [6.45, 7) is 0. The molecule has 0 spiro atoms. The molecule has 0 aliphatic heterocycles. The Morgan fingerprint density at radius 1 is 1.00 bits per heavy atom. The van der Waals surface area contributed by atoms with Crippen molar-refractivity contribution in [3.8, 4) is 0 Å². The minimum absolute atomic E-state index is 0.464. The van der Waals surface area contributed by atoms with Crippen molar-refractivity contribution >= 4 is 55.3 Å². The van der Waals surface area contributed by atoms with Gasteiger partial charge in [-0.2, -0.15) is 0 Å². The predicted molar refractivity (Wildman–Crippen MR) is 80.2 cm³/mol. The molecule has 3 aromatic rings. The Hall–Kier alpha value is -0.580. The van der Waals surface area contributed by atoms with Gasteiger partial charge in [-0.25, -0.2) is 0 Å². The molecule has 0 radical (unpaired) electrons. The second-order valence-electron chi connectivity index (χ2n) is 3.87. The first kappa shape index (κ1) is 12.5. The van der Waals surface area contributed by atoms with Crippen LogP contribution in [0.15, 0.2) is 35.7 Å². The van der Waals surface area contributed by atoms with E-state index < -0.39 is 6.10 Å². The van der Waals surface area contributed by atoms with Crippen LogP contribution in [0.25, 0.3) is 9.40 Å². The molecule has 1 atom stereocenters. The van der Waals surface area contributed by atoms with Gasteiger partial charge in [0.2, 0.25) is 0 Å². The van der Waals surface area contributed by atoms with E-state index in [1.807, 2.05) is 6.07 Å². The van der Waals surface area contributed by atoms with Crippen molar-refractivity contribution in [2.24, 2.45) is 0 Å². The van der Waals surface area contributed by atoms with Gasteiger partial charge in [0.25, 0.3) is 0 Å². The Morgan fingerprint density at radius 2 is 1.83 bits per heavy atom. The zero-order valence-electron chi connectivity index (χ0n) is 9.06. The molecule has 0 aliphatic carbocycles. The first-order valence-corrected chi connectivity index (χ1v) is 7.70. The Morgan fingerprint density at radius 3 is 2.56 bits per heavy atom. The van der Waals surface area contributed by atoms with Crippen molar-refractivity contribution in [3.63, 3.8) is 0 Å². The number of aliphatic hydroxyl groups excluding tert-OH is 1. The van der Waals surface area contributed by atoms with Gasteiger partial charge in [0, 0.05) is 14.3 Å². The highest BCUT2D eigenvalue weighted by Crippen LogP contribution is 2.36. The van der Waals surface area contributed by atoms with E-state index in [1.54, 1.807) is 40.9 Å². The van der Waals surface area contributed by atoms with Crippen LogP contribution >= 0.6 is 45.9 Å². The molecule has 1 unspecified atom stereocenters. The number of rotatable bonds is 2. The van der Waals surface area contributed by atoms with Crippen LogP contribution in [-0.4, -0.2) is 5.11 Å². The third-order valence-corrected chi connectivity index (χ3v) is 5.57. The van der Waals surface area contributed by atoms with Crippen LogP contribution in [-0.2, 0) is 0 Å². The lowest BCUT2D eigenvalue weighted by Crippen LogP contribution is -1.96. The molecule has 1 aromatic carbocycles. The van der Waals surface area contributed by atoms with E-state index in [9.17, 15) is 5.11 Å². The molecule has 1 N–H and O–H groups in total. The number of halogens is 2. The average molecular weight is 315 g/mol. The number of hydrogen-bond donors (Lipinski definition) is 1. The number of benzene rings is 1. The Labute approximate surface area is 122 Å². The molecular weight excluding hydrogens is 307 g/mol. The molecule has 0 fully saturated rings. The van der Waals surface area contributed by atoms with Crippen LogP contribution in [0, 0.1) is 0 Å². The summed E-state index contributed by atoms with van der Waals surface area (Å²) in [7, 11) is 0. The molecule has 0 bridgehead atoms. The van der Waals surface area contributed by atoms with Gasteiger partial charge in [-0.3, -0.25) is 0 Å². The van der Waals surface area contributed by atoms with Gasteiger partial charge in [0.1, 0.15) is 6.10 Å². The van der Waals surface area contributed by atoms with E-state index >= 15 is 0 Å². The van der Waals surface area contributed by atoms with Crippen molar-refractivity contribution in [1.29, 1.82) is 0 Å². The quantitative estimate of drug-likeness (QED) is 0.676. The summed E-state index contributed by atoms with van der Waals surface area (Å²) in [5.74, 6) is 0. The van der Waals surface area contributed by atoms with Gasteiger partial charge in [0.15, 0.2) is 0 Å². The number of hydrogen-bond acceptors (Lipinski definition) is 3. The van der Waals surface area contributed by atoms with E-state index in [1.165, 1.54) is 9.40 Å². The highest BCUT2D eigenvalue weighted by atomic mass is 35.5. The SMILES string of the molecule is OC(c1ccc(Cl)c(Cl)c1)c1cc2sccc2s1. The summed E-state index contributed by atoms with van der Waals surface area (Å²) < 4.78 is 2.41. The lowest BCUT2D eigenvalue weighted by atomic mass is 10.1. The summed E-state index contributed by atoms with van der Waals surface area (Å²) in [6.07, 6.45) is -0.649. The summed E-state index contributed by atoms with van der Waals surface area (Å²) in [5.41, 5.74) is 0.762. The minimum atomic E-state index is -0.649. The lowest BCUT2D eigenvalue weighted by Gasteiger charge is -2.09. The fourth-order valence-electron chi connectivity index (χ4n) is 1.77. The molecule has 1 nitrogen and oxygen atoms in total. The van der Waals surface area contributed by atoms with Gasteiger partial charge in [-0.05, 0) is 35.2 Å². The summed E-state index contributed by atoms with van der Waals surface area (Å²) in [4.78, 5) is 0.926.